The zero-order chi connectivity index (χ0) is 29.6. The van der Waals surface area contributed by atoms with E-state index in [0.29, 0.717) is 41.3 Å². The Morgan fingerprint density at radius 2 is 1.79 bits per heavy atom. The van der Waals surface area contributed by atoms with Crippen LogP contribution in [0.1, 0.15) is 48.5 Å². The minimum absolute atomic E-state index is 0.114. The number of carbonyl (C=O) groups excluding carboxylic acids is 2. The fourth-order valence-corrected chi connectivity index (χ4v) is 5.08. The molecule has 9 heteroatoms. The summed E-state index contributed by atoms with van der Waals surface area (Å²) < 4.78 is 12.9. The predicted molar refractivity (Wildman–Crippen MR) is 165 cm³/mol. The van der Waals surface area contributed by atoms with Crippen molar-refractivity contribution in [3.63, 3.8) is 0 Å². The molecule has 0 aliphatic carbocycles. The van der Waals surface area contributed by atoms with Gasteiger partial charge in [0.05, 0.1) is 18.9 Å². The molecule has 5 rings (SSSR count). The molecule has 1 atom stereocenters. The van der Waals surface area contributed by atoms with Crippen LogP contribution in [0.3, 0.4) is 0 Å². The maximum Gasteiger partial charge on any atom is 0.254 e. The van der Waals surface area contributed by atoms with Gasteiger partial charge in [0.15, 0.2) is 0 Å². The van der Waals surface area contributed by atoms with Crippen LogP contribution in [0.4, 0.5) is 5.95 Å². The molecule has 0 saturated carbocycles. The van der Waals surface area contributed by atoms with Crippen molar-refractivity contribution in [1.82, 2.24) is 14.5 Å². The van der Waals surface area contributed by atoms with Crippen molar-refractivity contribution in [2.45, 2.75) is 38.7 Å². The highest BCUT2D eigenvalue weighted by Crippen LogP contribution is 2.27. The van der Waals surface area contributed by atoms with Crippen molar-refractivity contribution in [3.8, 4) is 22.7 Å². The highest BCUT2D eigenvalue weighted by atomic mass is 35.5. The predicted octanol–water partition coefficient (Wildman–Crippen LogP) is 6.58. The molecule has 3 aromatic carbocycles. The molecule has 0 bridgehead atoms. The number of amides is 2. The fraction of sp³-hybridized carbons (Fsp3) is 0.303. The van der Waals surface area contributed by atoms with Gasteiger partial charge in [0.1, 0.15) is 12.3 Å². The van der Waals surface area contributed by atoms with Gasteiger partial charge in [-0.25, -0.2) is 4.98 Å². The lowest BCUT2D eigenvalue weighted by atomic mass is 10.0. The van der Waals surface area contributed by atoms with Crippen molar-refractivity contribution < 1.29 is 19.1 Å². The Labute approximate surface area is 251 Å². The number of hydrogen-bond donors (Lipinski definition) is 1. The van der Waals surface area contributed by atoms with E-state index in [1.807, 2.05) is 47.2 Å². The van der Waals surface area contributed by atoms with Crippen LogP contribution in [0.15, 0.2) is 79.0 Å². The van der Waals surface area contributed by atoms with Crippen molar-refractivity contribution in [2.24, 2.45) is 0 Å². The van der Waals surface area contributed by atoms with E-state index >= 15 is 0 Å². The lowest BCUT2D eigenvalue weighted by Crippen LogP contribution is -2.42. The minimum Gasteiger partial charge on any atom is -0.497 e. The van der Waals surface area contributed by atoms with E-state index in [-0.39, 0.29) is 24.5 Å². The quantitative estimate of drug-likeness (QED) is 0.227. The monoisotopic (exact) mass is 586 g/mol. The molecular formula is C33H35ClN4O4. The van der Waals surface area contributed by atoms with E-state index in [1.165, 1.54) is 10.5 Å². The molecule has 1 aromatic heterocycles. The first-order valence-corrected chi connectivity index (χ1v) is 14.5. The highest BCUT2D eigenvalue weighted by Gasteiger charge is 2.26. The molecule has 0 radical (unpaired) electrons. The molecule has 218 valence electrons. The Kier molecular flexibility index (Phi) is 9.25. The van der Waals surface area contributed by atoms with E-state index in [4.69, 9.17) is 26.1 Å². The van der Waals surface area contributed by atoms with Gasteiger partial charge < -0.3 is 14.4 Å². The fourth-order valence-electron chi connectivity index (χ4n) is 4.95. The molecule has 4 aromatic rings. The van der Waals surface area contributed by atoms with E-state index in [0.717, 1.165) is 29.8 Å². The van der Waals surface area contributed by atoms with Gasteiger partial charge in [-0.1, -0.05) is 37.6 Å². The molecule has 1 aliphatic heterocycles. The Bertz CT molecular complexity index is 1510. The molecule has 2 amide bonds. The van der Waals surface area contributed by atoms with Gasteiger partial charge in [0.25, 0.3) is 5.91 Å². The largest absolute Gasteiger partial charge is 0.497 e. The molecular weight excluding hydrogens is 552 g/mol. The minimum atomic E-state index is -0.359. The van der Waals surface area contributed by atoms with Gasteiger partial charge in [-0.05, 0) is 85.0 Å². The maximum atomic E-state index is 13.5. The second-order valence-electron chi connectivity index (χ2n) is 10.7. The topological polar surface area (TPSA) is 85.7 Å². The molecule has 0 spiro atoms. The summed E-state index contributed by atoms with van der Waals surface area (Å²) in [5.74, 6) is 0.877. The van der Waals surface area contributed by atoms with Crippen molar-refractivity contribution >= 4 is 29.4 Å². The Morgan fingerprint density at radius 3 is 2.40 bits per heavy atom. The van der Waals surface area contributed by atoms with Crippen molar-refractivity contribution in [1.29, 1.82) is 0 Å². The zero-order valence-electron chi connectivity index (χ0n) is 24.0. The summed E-state index contributed by atoms with van der Waals surface area (Å²) in [6.07, 6.45) is 3.55. The molecule has 1 fully saturated rings. The van der Waals surface area contributed by atoms with Gasteiger partial charge in [-0.3, -0.25) is 19.5 Å². The average Bonchev–Trinajstić information content (AvgIpc) is 3.67. The summed E-state index contributed by atoms with van der Waals surface area (Å²) in [5.41, 5.74) is 4.09. The van der Waals surface area contributed by atoms with Crippen LogP contribution in [0, 0.1) is 0 Å². The van der Waals surface area contributed by atoms with E-state index < -0.39 is 0 Å². The smallest absolute Gasteiger partial charge is 0.254 e. The van der Waals surface area contributed by atoms with Crippen LogP contribution in [0.2, 0.25) is 5.02 Å². The van der Waals surface area contributed by atoms with Crippen LogP contribution in [0.25, 0.3) is 16.9 Å². The molecule has 1 aliphatic rings. The number of nitrogens with one attached hydrogen (secondary N) is 1. The third-order valence-corrected chi connectivity index (χ3v) is 7.59. The van der Waals surface area contributed by atoms with Gasteiger partial charge in [-0.15, -0.1) is 0 Å². The van der Waals surface area contributed by atoms with Crippen LogP contribution in [0.5, 0.6) is 5.75 Å². The number of benzene rings is 3. The number of aromatic nitrogens is 2. The molecule has 1 N–H and O–H groups in total. The number of ether oxygens (including phenoxy) is 2. The van der Waals surface area contributed by atoms with Gasteiger partial charge in [-0.2, -0.15) is 0 Å². The number of hydrogen-bond acceptors (Lipinski definition) is 5. The standard InChI is InChI=1S/C33H35ClN4O4/c1-22(2)23-8-14-27(15-9-23)38-20-30(24-10-16-28(41-3)17-11-24)35-33(38)36-31(39)21-37(19-29-5-4-18-42-29)32(40)25-6-12-26(34)13-7-25/h6-17,20,22,29H,4-5,18-19,21H2,1-3H3,(H,35,36,39). The van der Waals surface area contributed by atoms with Gasteiger partial charge >= 0.3 is 0 Å². The molecule has 1 unspecified atom stereocenters. The Balaban J connectivity index is 1.42. The number of rotatable bonds is 10. The van der Waals surface area contributed by atoms with Crippen molar-refractivity contribution in [3.05, 3.63) is 95.1 Å². The Hall–Kier alpha value is -4.14. The van der Waals surface area contributed by atoms with Crippen molar-refractivity contribution in [2.75, 3.05) is 32.1 Å². The lowest BCUT2D eigenvalue weighted by molar-refractivity contribution is -0.117. The summed E-state index contributed by atoms with van der Waals surface area (Å²) in [6.45, 7) is 5.11. The number of carbonyl (C=O) groups is 2. The summed E-state index contributed by atoms with van der Waals surface area (Å²) in [7, 11) is 1.62. The van der Waals surface area contributed by atoms with Crippen LogP contribution >= 0.6 is 11.6 Å². The summed E-state index contributed by atoms with van der Waals surface area (Å²) >= 11 is 6.03. The van der Waals surface area contributed by atoms with Crippen LogP contribution in [-0.4, -0.2) is 59.2 Å². The van der Waals surface area contributed by atoms with E-state index in [2.05, 4.69) is 31.3 Å². The SMILES string of the molecule is COc1ccc(-c2cn(-c3ccc(C(C)C)cc3)c(NC(=O)CN(CC3CCCO3)C(=O)c3ccc(Cl)cc3)n2)cc1. The zero-order valence-corrected chi connectivity index (χ0v) is 24.8. The number of halogens is 1. The summed E-state index contributed by atoms with van der Waals surface area (Å²) in [4.78, 5) is 33.3. The third-order valence-electron chi connectivity index (χ3n) is 7.34. The van der Waals surface area contributed by atoms with Crippen LogP contribution < -0.4 is 10.1 Å². The number of anilines is 1. The van der Waals surface area contributed by atoms with Gasteiger partial charge in [0.2, 0.25) is 11.9 Å². The lowest BCUT2D eigenvalue weighted by Gasteiger charge is -2.25. The number of nitrogens with zero attached hydrogens (tertiary/aromatic N) is 3. The number of imidazole rings is 1. The summed E-state index contributed by atoms with van der Waals surface area (Å²) in [6, 6.07) is 22.4. The summed E-state index contributed by atoms with van der Waals surface area (Å²) in [5, 5.41) is 3.50. The van der Waals surface area contributed by atoms with E-state index in [9.17, 15) is 9.59 Å². The van der Waals surface area contributed by atoms with Crippen LogP contribution in [-0.2, 0) is 9.53 Å². The molecule has 42 heavy (non-hydrogen) atoms. The molecule has 8 nitrogen and oxygen atoms in total. The first kappa shape index (κ1) is 29.4. The number of methoxy groups -OCH3 is 1. The van der Waals surface area contributed by atoms with E-state index in [1.54, 1.807) is 31.4 Å². The highest BCUT2D eigenvalue weighted by molar-refractivity contribution is 6.30. The third kappa shape index (κ3) is 7.01. The first-order valence-electron chi connectivity index (χ1n) is 14.1. The first-order chi connectivity index (χ1) is 20.3. The van der Waals surface area contributed by atoms with Gasteiger partial charge in [0, 0.05) is 41.2 Å². The Morgan fingerprint density at radius 1 is 1.07 bits per heavy atom. The average molecular weight is 587 g/mol. The molecule has 1 saturated heterocycles. The second kappa shape index (κ2) is 13.2. The normalized spacial score (nSPS) is 14.6. The molecule has 2 heterocycles. The second-order valence-corrected chi connectivity index (χ2v) is 11.1. The maximum absolute atomic E-state index is 13.5.